The van der Waals surface area contributed by atoms with Gasteiger partial charge in [0, 0.05) is 12.8 Å². The van der Waals surface area contributed by atoms with Gasteiger partial charge in [0.05, 0.1) is 25.4 Å². The molecule has 0 aliphatic carbocycles. The lowest BCUT2D eigenvalue weighted by Crippen LogP contribution is -2.45. The van der Waals surface area contributed by atoms with Crippen LogP contribution in [0.1, 0.15) is 316 Å². The summed E-state index contributed by atoms with van der Waals surface area (Å²) in [6, 6.07) is -0.627. The highest BCUT2D eigenvalue weighted by molar-refractivity contribution is 5.76. The lowest BCUT2D eigenvalue weighted by Gasteiger charge is -2.20. The number of aliphatic hydroxyl groups is 2. The van der Waals surface area contributed by atoms with E-state index in [-0.39, 0.29) is 18.5 Å². The number of nitrogens with one attached hydrogen (secondary N) is 1. The Labute approximate surface area is 405 Å². The molecule has 0 spiro atoms. The SMILES string of the molecule is CCCCCCCCCC/C=C/C(O)C(CO)NC(=O)CCCCCCCCCCCC/C=C\CCCCCCCCCCCCCCOC(=O)CCCCCCCCCCCCCC. The van der Waals surface area contributed by atoms with Gasteiger partial charge < -0.3 is 20.3 Å². The fourth-order valence-corrected chi connectivity index (χ4v) is 8.98. The van der Waals surface area contributed by atoms with Crippen LogP contribution in [0.25, 0.3) is 0 Å². The minimum absolute atomic E-state index is 0.0145. The zero-order valence-corrected chi connectivity index (χ0v) is 43.7. The second-order valence-electron chi connectivity index (χ2n) is 20.0. The van der Waals surface area contributed by atoms with E-state index in [4.69, 9.17) is 4.74 Å². The topological polar surface area (TPSA) is 95.9 Å². The van der Waals surface area contributed by atoms with Crippen LogP contribution in [0, 0.1) is 0 Å². The molecule has 0 aromatic heterocycles. The van der Waals surface area contributed by atoms with Crippen molar-refractivity contribution >= 4 is 11.9 Å². The summed E-state index contributed by atoms with van der Waals surface area (Å²) < 4.78 is 5.47. The van der Waals surface area contributed by atoms with Crippen molar-refractivity contribution in [3.05, 3.63) is 24.3 Å². The summed E-state index contributed by atoms with van der Waals surface area (Å²) in [4.78, 5) is 24.4. The Balaban J connectivity index is 3.38. The van der Waals surface area contributed by atoms with Crippen molar-refractivity contribution in [3.63, 3.8) is 0 Å². The van der Waals surface area contributed by atoms with Crippen molar-refractivity contribution in [2.45, 2.75) is 328 Å². The molecule has 65 heavy (non-hydrogen) atoms. The molecule has 3 N–H and O–H groups in total. The highest BCUT2D eigenvalue weighted by Gasteiger charge is 2.18. The van der Waals surface area contributed by atoms with Gasteiger partial charge >= 0.3 is 5.97 Å². The van der Waals surface area contributed by atoms with Gasteiger partial charge in [0.2, 0.25) is 5.91 Å². The zero-order valence-electron chi connectivity index (χ0n) is 43.7. The first-order valence-corrected chi connectivity index (χ1v) is 29.1. The predicted octanol–water partition coefficient (Wildman–Crippen LogP) is 17.9. The zero-order chi connectivity index (χ0) is 47.2. The molecule has 0 heterocycles. The van der Waals surface area contributed by atoms with E-state index in [0.29, 0.717) is 19.4 Å². The van der Waals surface area contributed by atoms with Crippen LogP contribution < -0.4 is 5.32 Å². The van der Waals surface area contributed by atoms with Crippen molar-refractivity contribution in [2.24, 2.45) is 0 Å². The normalized spacial score (nSPS) is 12.7. The molecule has 0 bridgehead atoms. The molecule has 2 atom stereocenters. The molecule has 0 aromatic carbocycles. The fourth-order valence-electron chi connectivity index (χ4n) is 8.98. The maximum atomic E-state index is 12.4. The van der Waals surface area contributed by atoms with Crippen LogP contribution >= 0.6 is 0 Å². The van der Waals surface area contributed by atoms with E-state index < -0.39 is 12.1 Å². The van der Waals surface area contributed by atoms with Gasteiger partial charge in [-0.1, -0.05) is 269 Å². The number of amides is 1. The number of ether oxygens (including phenoxy) is 1. The van der Waals surface area contributed by atoms with Crippen LogP contribution in [-0.4, -0.2) is 47.4 Å². The number of aliphatic hydroxyl groups excluding tert-OH is 2. The van der Waals surface area contributed by atoms with E-state index >= 15 is 0 Å². The second-order valence-corrected chi connectivity index (χ2v) is 20.0. The van der Waals surface area contributed by atoms with Crippen molar-refractivity contribution in [1.29, 1.82) is 0 Å². The number of allylic oxidation sites excluding steroid dienone is 3. The van der Waals surface area contributed by atoms with Crippen molar-refractivity contribution in [2.75, 3.05) is 13.2 Å². The quantitative estimate of drug-likeness (QED) is 0.0321. The number of esters is 1. The van der Waals surface area contributed by atoms with E-state index in [9.17, 15) is 19.8 Å². The molecule has 6 nitrogen and oxygen atoms in total. The number of carbonyl (C=O) groups is 2. The van der Waals surface area contributed by atoms with Crippen LogP contribution in [0.5, 0.6) is 0 Å². The van der Waals surface area contributed by atoms with Gasteiger partial charge in [-0.25, -0.2) is 0 Å². The van der Waals surface area contributed by atoms with Crippen LogP contribution in [0.3, 0.4) is 0 Å². The van der Waals surface area contributed by atoms with Gasteiger partial charge in [-0.15, -0.1) is 0 Å². The molecular weight excluding hydrogens is 803 g/mol. The average molecular weight is 917 g/mol. The molecule has 0 radical (unpaired) electrons. The highest BCUT2D eigenvalue weighted by atomic mass is 16.5. The number of hydrogen-bond donors (Lipinski definition) is 3. The molecule has 0 saturated carbocycles. The maximum absolute atomic E-state index is 12.4. The molecule has 6 heteroatoms. The summed E-state index contributed by atoms with van der Waals surface area (Å²) in [5.41, 5.74) is 0. The molecule has 0 aliphatic rings. The van der Waals surface area contributed by atoms with E-state index in [2.05, 4.69) is 31.3 Å². The van der Waals surface area contributed by atoms with Gasteiger partial charge in [-0.05, 0) is 57.8 Å². The van der Waals surface area contributed by atoms with E-state index in [1.165, 1.54) is 250 Å². The summed E-state index contributed by atoms with van der Waals surface area (Å²) in [7, 11) is 0. The number of carbonyl (C=O) groups excluding carboxylic acids is 2. The van der Waals surface area contributed by atoms with Gasteiger partial charge in [-0.2, -0.15) is 0 Å². The summed E-state index contributed by atoms with van der Waals surface area (Å²) in [6.45, 7) is 4.89. The van der Waals surface area contributed by atoms with Gasteiger partial charge in [-0.3, -0.25) is 9.59 Å². The Morgan fingerprint density at radius 2 is 0.723 bits per heavy atom. The molecule has 0 saturated heterocycles. The summed E-state index contributed by atoms with van der Waals surface area (Å²) in [5.74, 6) is -0.0568. The largest absolute Gasteiger partial charge is 0.466 e. The average Bonchev–Trinajstić information content (AvgIpc) is 3.31. The number of rotatable bonds is 54. The lowest BCUT2D eigenvalue weighted by molar-refractivity contribution is -0.143. The van der Waals surface area contributed by atoms with Crippen molar-refractivity contribution < 1.29 is 24.5 Å². The minimum Gasteiger partial charge on any atom is -0.466 e. The molecule has 384 valence electrons. The van der Waals surface area contributed by atoms with Crippen LogP contribution in [0.15, 0.2) is 24.3 Å². The monoisotopic (exact) mass is 916 g/mol. The van der Waals surface area contributed by atoms with Gasteiger partial charge in [0.25, 0.3) is 0 Å². The Hall–Kier alpha value is -1.66. The van der Waals surface area contributed by atoms with E-state index in [1.807, 2.05) is 6.08 Å². The maximum Gasteiger partial charge on any atom is 0.305 e. The van der Waals surface area contributed by atoms with E-state index in [1.54, 1.807) is 6.08 Å². The minimum atomic E-state index is -0.843. The van der Waals surface area contributed by atoms with Crippen molar-refractivity contribution in [1.82, 2.24) is 5.32 Å². The molecule has 2 unspecified atom stereocenters. The predicted molar refractivity (Wildman–Crippen MR) is 283 cm³/mol. The second kappa shape index (κ2) is 54.9. The Bertz CT molecular complexity index is 1010. The first-order chi connectivity index (χ1) is 32.0. The summed E-state index contributed by atoms with van der Waals surface area (Å²) in [5, 5.41) is 23.0. The smallest absolute Gasteiger partial charge is 0.305 e. The van der Waals surface area contributed by atoms with Crippen LogP contribution in [0.2, 0.25) is 0 Å². The summed E-state index contributed by atoms with van der Waals surface area (Å²) in [6.07, 6.45) is 66.5. The first kappa shape index (κ1) is 63.3. The molecule has 0 fully saturated rings. The Kier molecular flexibility index (Phi) is 53.5. The Morgan fingerprint density at radius 1 is 0.415 bits per heavy atom. The molecular formula is C59H113NO5. The van der Waals surface area contributed by atoms with Gasteiger partial charge in [0.1, 0.15) is 0 Å². The Morgan fingerprint density at radius 3 is 1.09 bits per heavy atom. The highest BCUT2D eigenvalue weighted by Crippen LogP contribution is 2.17. The third-order valence-corrected chi connectivity index (χ3v) is 13.5. The van der Waals surface area contributed by atoms with Crippen molar-refractivity contribution in [3.8, 4) is 0 Å². The molecule has 0 aromatic rings. The molecule has 0 aliphatic heterocycles. The summed E-state index contributed by atoms with van der Waals surface area (Å²) >= 11 is 0. The third kappa shape index (κ3) is 51.6. The standard InChI is InChI=1S/C59H113NO5/c1-3-5-7-9-11-13-15-33-37-41-45-49-53-59(64)65-54-50-46-42-38-34-31-29-27-25-23-21-19-17-16-18-20-22-24-26-28-30-32-36-40-44-48-52-58(63)60-56(55-61)57(62)51-47-43-39-35-14-12-10-8-6-4-2/h16,18,47,51,56-57,61-62H,3-15,17,19-46,48-50,52-55H2,1-2H3,(H,60,63)/b18-16-,51-47+. The molecule has 0 rings (SSSR count). The third-order valence-electron chi connectivity index (χ3n) is 13.5. The number of unbranched alkanes of at least 4 members (excludes halogenated alkanes) is 41. The lowest BCUT2D eigenvalue weighted by atomic mass is 10.0. The first-order valence-electron chi connectivity index (χ1n) is 29.1. The van der Waals surface area contributed by atoms with Crippen LogP contribution in [0.4, 0.5) is 0 Å². The molecule has 1 amide bonds. The van der Waals surface area contributed by atoms with Gasteiger partial charge in [0.15, 0.2) is 0 Å². The number of hydrogen-bond acceptors (Lipinski definition) is 5. The van der Waals surface area contributed by atoms with Crippen LogP contribution in [-0.2, 0) is 14.3 Å². The van der Waals surface area contributed by atoms with E-state index in [0.717, 1.165) is 38.5 Å². The fraction of sp³-hybridized carbons (Fsp3) is 0.898.